The molecule has 0 saturated heterocycles. The second-order valence-electron chi connectivity index (χ2n) is 9.54. The average Bonchev–Trinajstić information content (AvgIpc) is 3.21. The van der Waals surface area contributed by atoms with Crippen molar-refractivity contribution < 1.29 is 4.42 Å². The van der Waals surface area contributed by atoms with Gasteiger partial charge >= 0.3 is 0 Å². The van der Waals surface area contributed by atoms with Gasteiger partial charge in [0.15, 0.2) is 0 Å². The van der Waals surface area contributed by atoms with Crippen molar-refractivity contribution >= 4 is 34.0 Å². The molecule has 1 aliphatic carbocycles. The fourth-order valence-electron chi connectivity index (χ4n) is 5.92. The quantitative estimate of drug-likeness (QED) is 0.495. The summed E-state index contributed by atoms with van der Waals surface area (Å²) in [5.74, 6) is 0. The standard InChI is InChI=1S/C30H26N2O/c1-19-15-16-31-24-9-5-3-8-23(24)25-13-11-20(2)18-32(25)26-14-12-22-21-7-4-6-10-28(21)33-30(22)29(26)27(31)17-19/h3-13,15-17,26-27H,14,18H2,1-2H3. The summed E-state index contributed by atoms with van der Waals surface area (Å²) in [4.78, 5) is 5.05. The minimum Gasteiger partial charge on any atom is -0.456 e. The predicted molar refractivity (Wildman–Crippen MR) is 136 cm³/mol. The molecule has 0 saturated carbocycles. The lowest BCUT2D eigenvalue weighted by atomic mass is 9.84. The van der Waals surface area contributed by atoms with E-state index >= 15 is 0 Å². The largest absolute Gasteiger partial charge is 0.456 e. The Labute approximate surface area is 193 Å². The molecular formula is C30H26N2O. The van der Waals surface area contributed by atoms with E-state index in [0.29, 0.717) is 0 Å². The highest BCUT2D eigenvalue weighted by Gasteiger charge is 2.39. The minimum atomic E-state index is 0.113. The smallest absolute Gasteiger partial charge is 0.138 e. The van der Waals surface area contributed by atoms with Crippen molar-refractivity contribution in [3.05, 3.63) is 106 Å². The molecule has 3 aromatic rings. The Balaban J connectivity index is 1.61. The lowest BCUT2D eigenvalue weighted by molar-refractivity contribution is 0.359. The number of fused-ring (bicyclic) bond motifs is 11. The predicted octanol–water partition coefficient (Wildman–Crippen LogP) is 5.10. The molecule has 0 N–H and O–H groups in total. The zero-order valence-electron chi connectivity index (χ0n) is 19.0. The van der Waals surface area contributed by atoms with Crippen LogP contribution in [-0.4, -0.2) is 23.5 Å². The number of anilines is 1. The summed E-state index contributed by atoms with van der Waals surface area (Å²) in [6.07, 6.45) is 14.8. The van der Waals surface area contributed by atoms with Crippen molar-refractivity contribution in [3.63, 3.8) is 0 Å². The average molecular weight is 431 g/mol. The summed E-state index contributed by atoms with van der Waals surface area (Å²) >= 11 is 0. The first-order valence-corrected chi connectivity index (χ1v) is 11.8. The van der Waals surface area contributed by atoms with Gasteiger partial charge in [-0.2, -0.15) is 0 Å². The number of rotatable bonds is 0. The molecular weight excluding hydrogens is 404 g/mol. The maximum absolute atomic E-state index is 6.63. The summed E-state index contributed by atoms with van der Waals surface area (Å²) in [5.41, 5.74) is 9.89. The lowest BCUT2D eigenvalue weighted by Gasteiger charge is -2.46. The SMILES string of the molecule is CC1=CC2C3=c4oc5ccccc5c4=CCC3N3CC(C)=CC=C3c3ccccc3N2C=C1. The first kappa shape index (κ1) is 18.8. The second-order valence-corrected chi connectivity index (χ2v) is 9.54. The van der Waals surface area contributed by atoms with Crippen LogP contribution in [0.1, 0.15) is 25.8 Å². The van der Waals surface area contributed by atoms with Gasteiger partial charge in [0.25, 0.3) is 0 Å². The first-order valence-electron chi connectivity index (χ1n) is 11.8. The lowest BCUT2D eigenvalue weighted by Crippen LogP contribution is -2.51. The molecule has 162 valence electrons. The number of nitrogens with zero attached hydrogens (tertiary/aromatic N) is 2. The van der Waals surface area contributed by atoms with Crippen LogP contribution in [0, 0.1) is 0 Å². The highest BCUT2D eigenvalue weighted by atomic mass is 16.3. The molecule has 7 rings (SSSR count). The molecule has 0 fully saturated rings. The molecule has 0 spiro atoms. The van der Waals surface area contributed by atoms with Crippen LogP contribution < -0.4 is 15.5 Å². The van der Waals surface area contributed by atoms with Crippen LogP contribution in [0.25, 0.3) is 28.3 Å². The molecule has 1 aromatic heterocycles. The van der Waals surface area contributed by atoms with Crippen molar-refractivity contribution in [2.45, 2.75) is 32.4 Å². The Hall–Kier alpha value is -3.72. The van der Waals surface area contributed by atoms with E-state index < -0.39 is 0 Å². The number of allylic oxidation sites excluding steroid dienone is 4. The molecule has 3 aliphatic heterocycles. The molecule has 0 amide bonds. The van der Waals surface area contributed by atoms with E-state index in [4.69, 9.17) is 4.42 Å². The van der Waals surface area contributed by atoms with Crippen molar-refractivity contribution in [3.8, 4) is 0 Å². The highest BCUT2D eigenvalue weighted by molar-refractivity contribution is 5.87. The highest BCUT2D eigenvalue weighted by Crippen LogP contribution is 2.43. The summed E-state index contributed by atoms with van der Waals surface area (Å²) in [7, 11) is 0. The van der Waals surface area contributed by atoms with Gasteiger partial charge in [-0.05, 0) is 44.6 Å². The molecule has 4 heterocycles. The number of furan rings is 1. The maximum Gasteiger partial charge on any atom is 0.138 e. The van der Waals surface area contributed by atoms with Crippen LogP contribution in [0.15, 0.2) is 94.6 Å². The van der Waals surface area contributed by atoms with E-state index in [0.717, 1.165) is 24.0 Å². The van der Waals surface area contributed by atoms with Crippen molar-refractivity contribution in [2.75, 3.05) is 11.4 Å². The number of benzene rings is 2. The summed E-state index contributed by atoms with van der Waals surface area (Å²) in [6, 6.07) is 17.6. The van der Waals surface area contributed by atoms with Crippen LogP contribution in [0.2, 0.25) is 0 Å². The zero-order chi connectivity index (χ0) is 22.1. The van der Waals surface area contributed by atoms with E-state index in [9.17, 15) is 0 Å². The number of hydrogen-bond donors (Lipinski definition) is 0. The van der Waals surface area contributed by atoms with Gasteiger partial charge in [-0.3, -0.25) is 0 Å². The van der Waals surface area contributed by atoms with Crippen LogP contribution in [-0.2, 0) is 0 Å². The molecule has 3 nitrogen and oxygen atoms in total. The molecule has 0 bridgehead atoms. The van der Waals surface area contributed by atoms with E-state index in [1.54, 1.807) is 0 Å². The topological polar surface area (TPSA) is 19.6 Å². The van der Waals surface area contributed by atoms with Gasteiger partial charge in [-0.1, -0.05) is 65.8 Å². The van der Waals surface area contributed by atoms with Crippen molar-refractivity contribution in [2.24, 2.45) is 0 Å². The van der Waals surface area contributed by atoms with Gasteiger partial charge in [0.2, 0.25) is 0 Å². The zero-order valence-corrected chi connectivity index (χ0v) is 19.0. The minimum absolute atomic E-state index is 0.113. The number of para-hydroxylation sites is 2. The van der Waals surface area contributed by atoms with E-state index in [-0.39, 0.29) is 12.1 Å². The summed E-state index contributed by atoms with van der Waals surface area (Å²) in [6.45, 7) is 5.36. The Bertz CT molecular complexity index is 1560. The maximum atomic E-state index is 6.63. The first-order chi connectivity index (χ1) is 16.2. The third-order valence-corrected chi connectivity index (χ3v) is 7.43. The second kappa shape index (κ2) is 6.89. The Morgan fingerprint density at radius 2 is 1.82 bits per heavy atom. The van der Waals surface area contributed by atoms with Gasteiger partial charge in [0, 0.05) is 40.2 Å². The van der Waals surface area contributed by atoms with E-state index in [1.165, 1.54) is 44.3 Å². The molecule has 0 radical (unpaired) electrons. The van der Waals surface area contributed by atoms with Gasteiger partial charge < -0.3 is 14.2 Å². The van der Waals surface area contributed by atoms with Gasteiger partial charge in [0.05, 0.1) is 17.8 Å². The molecule has 2 aromatic carbocycles. The molecule has 2 atom stereocenters. The van der Waals surface area contributed by atoms with Crippen molar-refractivity contribution in [1.29, 1.82) is 0 Å². The van der Waals surface area contributed by atoms with Gasteiger partial charge in [0.1, 0.15) is 11.0 Å². The molecule has 33 heavy (non-hydrogen) atoms. The van der Waals surface area contributed by atoms with Crippen LogP contribution in [0.5, 0.6) is 0 Å². The Morgan fingerprint density at radius 1 is 0.970 bits per heavy atom. The van der Waals surface area contributed by atoms with Crippen molar-refractivity contribution in [1.82, 2.24) is 4.90 Å². The Kier molecular flexibility index (Phi) is 3.93. The van der Waals surface area contributed by atoms with E-state index in [1.807, 2.05) is 0 Å². The monoisotopic (exact) mass is 430 g/mol. The fourth-order valence-corrected chi connectivity index (χ4v) is 5.92. The molecule has 4 aliphatic rings. The molecule has 3 heteroatoms. The van der Waals surface area contributed by atoms with E-state index in [2.05, 4.69) is 109 Å². The van der Waals surface area contributed by atoms with Crippen LogP contribution >= 0.6 is 0 Å². The normalized spacial score (nSPS) is 23.1. The Morgan fingerprint density at radius 3 is 2.76 bits per heavy atom. The number of hydrogen-bond acceptors (Lipinski definition) is 3. The summed E-state index contributed by atoms with van der Waals surface area (Å²) in [5, 5.41) is 2.46. The van der Waals surface area contributed by atoms with Crippen LogP contribution in [0.4, 0.5) is 5.69 Å². The molecule has 2 unspecified atom stereocenters. The summed E-state index contributed by atoms with van der Waals surface area (Å²) < 4.78 is 6.63. The van der Waals surface area contributed by atoms with Gasteiger partial charge in [-0.25, -0.2) is 0 Å². The van der Waals surface area contributed by atoms with Gasteiger partial charge in [-0.15, -0.1) is 0 Å². The third-order valence-electron chi connectivity index (χ3n) is 7.43. The third kappa shape index (κ3) is 2.69. The van der Waals surface area contributed by atoms with Crippen LogP contribution in [0.3, 0.4) is 0 Å². The fraction of sp³-hybridized carbons (Fsp3) is 0.200.